The number of rotatable bonds is 12. The Morgan fingerprint density at radius 2 is 1.73 bits per heavy atom. The van der Waals surface area contributed by atoms with Gasteiger partial charge in [-0.05, 0) is 6.42 Å². The summed E-state index contributed by atoms with van der Waals surface area (Å²) in [5.74, 6) is -1.05. The van der Waals surface area contributed by atoms with Crippen LogP contribution in [0.4, 0.5) is 0 Å². The maximum atomic E-state index is 13.3. The fraction of sp³-hybridized carbons (Fsp3) is 0.684. The lowest BCUT2D eigenvalue weighted by Gasteiger charge is -2.42. The summed E-state index contributed by atoms with van der Waals surface area (Å²) in [4.78, 5) is 24.4. The summed E-state index contributed by atoms with van der Waals surface area (Å²) in [5.41, 5.74) is 0. The van der Waals surface area contributed by atoms with E-state index in [0.29, 0.717) is 0 Å². The monoisotopic (exact) mass is 855 g/mol. The molecule has 3 heterocycles. The predicted molar refractivity (Wildman–Crippen MR) is 151 cm³/mol. The zero-order chi connectivity index (χ0) is 30.7. The van der Waals surface area contributed by atoms with Gasteiger partial charge in [-0.2, -0.15) is 4.31 Å². The van der Waals surface area contributed by atoms with Crippen molar-refractivity contribution in [1.82, 2.24) is 15.5 Å². The van der Waals surface area contributed by atoms with Crippen molar-refractivity contribution in [2.75, 3.05) is 6.61 Å². The molecule has 0 aromatic rings. The lowest BCUT2D eigenvalue weighted by Crippen LogP contribution is -2.63. The Morgan fingerprint density at radius 1 is 1.10 bits per heavy atom. The third-order valence-electron chi connectivity index (χ3n) is 6.05. The molecule has 22 heteroatoms. The molecule has 41 heavy (non-hydrogen) atoms. The van der Waals surface area contributed by atoms with Crippen LogP contribution in [0.25, 0.3) is 0 Å². The second-order valence-electron chi connectivity index (χ2n) is 8.88. The summed E-state index contributed by atoms with van der Waals surface area (Å²) < 4.78 is 62.7. The molecule has 2 saturated heterocycles. The molecule has 0 saturated carbocycles. The van der Waals surface area contributed by atoms with E-state index < -0.39 is 89.3 Å². The number of hydrogen-bond acceptors (Lipinski definition) is 16. The van der Waals surface area contributed by atoms with Crippen molar-refractivity contribution in [2.24, 2.45) is 0 Å². The molecule has 0 radical (unpaired) electrons. The number of aliphatic hydroxyl groups excluding tert-OH is 4. The Bertz CT molecular complexity index is 1120. The number of phosphoric acid groups is 2. The number of nitrogens with one attached hydrogen (secondary N) is 2. The first-order chi connectivity index (χ1) is 19.2. The highest BCUT2D eigenvalue weighted by Gasteiger charge is 2.52. The third-order valence-corrected chi connectivity index (χ3v) is 11.8. The molecular weight excluding hydrogens is 826 g/mol. The van der Waals surface area contributed by atoms with Gasteiger partial charge in [-0.1, -0.05) is 13.5 Å². The van der Waals surface area contributed by atoms with Crippen LogP contribution in [0.5, 0.6) is 0 Å². The van der Waals surface area contributed by atoms with Crippen molar-refractivity contribution in [3.8, 4) is 0 Å². The zero-order valence-corrected chi connectivity index (χ0v) is 27.5. The second-order valence-corrected chi connectivity index (χ2v) is 14.4. The Balaban J connectivity index is 1.71. The first-order valence-corrected chi connectivity index (χ1v) is 16.5. The SMILES string of the molecule is C=C1NC(=O)C=CN1C1OC(COP(=O)(OI)OP(=O)(OI)O[C@@H]2OC(CC)[C@H](O)[C@H](O)C2NC(C)=O)C(O)C1O. The van der Waals surface area contributed by atoms with Gasteiger partial charge in [0, 0.05) is 19.2 Å². The fourth-order valence-electron chi connectivity index (χ4n) is 4.09. The van der Waals surface area contributed by atoms with Crippen molar-refractivity contribution >= 4 is 73.5 Å². The lowest BCUT2D eigenvalue weighted by atomic mass is 9.95. The topological polar surface area (TPSA) is 241 Å². The minimum Gasteiger partial charge on any atom is -0.388 e. The highest BCUT2D eigenvalue weighted by Crippen LogP contribution is 2.68. The van der Waals surface area contributed by atoms with E-state index in [1.165, 1.54) is 11.1 Å². The maximum absolute atomic E-state index is 13.3. The van der Waals surface area contributed by atoms with E-state index in [2.05, 4.69) is 17.2 Å². The quantitative estimate of drug-likeness (QED) is 0.114. The molecule has 6 N–H and O–H groups in total. The molecule has 234 valence electrons. The molecule has 3 aliphatic rings. The van der Waals surface area contributed by atoms with Gasteiger partial charge in [0.25, 0.3) is 5.91 Å². The number of hydrogen-bond donors (Lipinski definition) is 6. The number of carbonyl (C=O) groups excluding carboxylic acids is 2. The van der Waals surface area contributed by atoms with Crippen molar-refractivity contribution in [3.05, 3.63) is 24.7 Å². The molecule has 0 aliphatic carbocycles. The highest BCUT2D eigenvalue weighted by atomic mass is 127. The maximum Gasteiger partial charge on any atom is 0.495 e. The molecule has 0 aromatic heterocycles. The fourth-order valence-corrected chi connectivity index (χ4v) is 8.36. The summed E-state index contributed by atoms with van der Waals surface area (Å²) >= 11 is 2.27. The number of carbonyl (C=O) groups is 2. The average Bonchev–Trinajstić information content (AvgIpc) is 3.20. The second kappa shape index (κ2) is 14.7. The van der Waals surface area contributed by atoms with E-state index in [1.807, 2.05) is 0 Å². The number of halogens is 2. The summed E-state index contributed by atoms with van der Waals surface area (Å²) in [7, 11) is -9.76. The molecule has 3 aliphatic heterocycles. The van der Waals surface area contributed by atoms with Crippen LogP contribution in [0.3, 0.4) is 0 Å². The summed E-state index contributed by atoms with van der Waals surface area (Å²) in [6, 6.07) is -1.45. The first-order valence-electron chi connectivity index (χ1n) is 11.8. The van der Waals surface area contributed by atoms with E-state index >= 15 is 0 Å². The number of amides is 2. The van der Waals surface area contributed by atoms with Gasteiger partial charge in [0.15, 0.2) is 12.5 Å². The largest absolute Gasteiger partial charge is 0.495 e. The van der Waals surface area contributed by atoms with Crippen molar-refractivity contribution in [3.63, 3.8) is 0 Å². The Kier molecular flexibility index (Phi) is 12.6. The standard InChI is InChI=1S/C19H29I2N3O15P2/c1-4-10-14(27)16(29)13(23-9(3)25)19(35-10)36-41(32,38-21)39-40(31,37-20)33-7-11-15(28)17(30)18(34-11)24-6-5-12(26)22-8(24)2/h5-6,10-11,13-19,27-30H,2,4,7H2,1,3H3,(H,22,26)(H,23,25)/t10?,11?,13?,14-,15?,16+,17?,18?,19-,40?,41?/m0/s1. The van der Waals surface area contributed by atoms with Gasteiger partial charge in [-0.25, -0.2) is 14.8 Å². The van der Waals surface area contributed by atoms with Crippen LogP contribution in [0.15, 0.2) is 24.7 Å². The van der Waals surface area contributed by atoms with Crippen LogP contribution in [0, 0.1) is 0 Å². The Hall–Kier alpha value is -0.300. The molecule has 2 amide bonds. The molecule has 0 bridgehead atoms. The molecule has 8 unspecified atom stereocenters. The van der Waals surface area contributed by atoms with Gasteiger partial charge in [0.2, 0.25) is 5.91 Å². The van der Waals surface area contributed by atoms with Crippen LogP contribution in [0.2, 0.25) is 0 Å². The molecule has 2 fully saturated rings. The predicted octanol–water partition coefficient (Wildman–Crippen LogP) is 0.210. The molecule has 0 aromatic carbocycles. The van der Waals surface area contributed by atoms with Gasteiger partial charge >= 0.3 is 15.6 Å². The Labute approximate surface area is 262 Å². The van der Waals surface area contributed by atoms with Gasteiger partial charge in [0.05, 0.1) is 12.7 Å². The van der Waals surface area contributed by atoms with Crippen LogP contribution < -0.4 is 10.6 Å². The minimum absolute atomic E-state index is 0.0580. The average molecular weight is 855 g/mol. The molecule has 11 atom stereocenters. The lowest BCUT2D eigenvalue weighted by molar-refractivity contribution is -0.240. The summed E-state index contributed by atoms with van der Waals surface area (Å²) in [6.07, 6.45) is -8.84. The normalized spacial score (nSPS) is 36.9. The molecule has 0 spiro atoms. The molecular formula is C19H29I2N3O15P2. The zero-order valence-electron chi connectivity index (χ0n) is 21.3. The number of nitrogens with zero attached hydrogens (tertiary/aromatic N) is 1. The third kappa shape index (κ3) is 8.45. The van der Waals surface area contributed by atoms with E-state index in [4.69, 9.17) is 28.5 Å². The Morgan fingerprint density at radius 3 is 2.29 bits per heavy atom. The number of ether oxygens (including phenoxy) is 2. The van der Waals surface area contributed by atoms with Crippen LogP contribution in [0.1, 0.15) is 20.3 Å². The smallest absolute Gasteiger partial charge is 0.388 e. The summed E-state index contributed by atoms with van der Waals surface area (Å²) in [6.45, 7) is 5.65. The van der Waals surface area contributed by atoms with Gasteiger partial charge < -0.3 is 45.4 Å². The molecule has 3 rings (SSSR count). The summed E-state index contributed by atoms with van der Waals surface area (Å²) in [5, 5.41) is 46.4. The van der Waals surface area contributed by atoms with E-state index in [0.717, 1.165) is 59.0 Å². The highest BCUT2D eigenvalue weighted by molar-refractivity contribution is 14.1. The first kappa shape index (κ1) is 35.2. The van der Waals surface area contributed by atoms with Crippen molar-refractivity contribution in [2.45, 2.75) is 75.5 Å². The van der Waals surface area contributed by atoms with Crippen molar-refractivity contribution < 1.29 is 67.7 Å². The van der Waals surface area contributed by atoms with E-state index in [9.17, 15) is 39.1 Å². The van der Waals surface area contributed by atoms with Crippen LogP contribution >= 0.6 is 61.7 Å². The van der Waals surface area contributed by atoms with Gasteiger partial charge in [-0.3, -0.25) is 18.6 Å². The van der Waals surface area contributed by atoms with E-state index in [-0.39, 0.29) is 12.2 Å². The van der Waals surface area contributed by atoms with Gasteiger partial charge in [-0.15, -0.1) is 0 Å². The minimum atomic E-state index is -4.93. The van der Waals surface area contributed by atoms with Gasteiger partial charge in [0.1, 0.15) is 88.4 Å². The number of aliphatic hydroxyl groups is 4. The van der Waals surface area contributed by atoms with Crippen LogP contribution in [-0.4, -0.2) is 98.9 Å². The van der Waals surface area contributed by atoms with Crippen LogP contribution in [-0.2, 0) is 47.3 Å². The molecule has 18 nitrogen and oxygen atoms in total. The van der Waals surface area contributed by atoms with E-state index in [1.54, 1.807) is 6.92 Å². The van der Waals surface area contributed by atoms with Crippen molar-refractivity contribution in [1.29, 1.82) is 0 Å².